The summed E-state index contributed by atoms with van der Waals surface area (Å²) < 4.78 is 53.7. The van der Waals surface area contributed by atoms with Crippen molar-refractivity contribution in [3.63, 3.8) is 0 Å². The number of fused-ring (bicyclic) bond motifs is 2. The van der Waals surface area contributed by atoms with E-state index in [9.17, 15) is 0 Å². The van der Waals surface area contributed by atoms with Crippen LogP contribution in [0.3, 0.4) is 0 Å². The normalized spacial score (nSPS) is 20.0. The predicted octanol–water partition coefficient (Wildman–Crippen LogP) is 16.2. The molecule has 1 aromatic carbocycles. The van der Waals surface area contributed by atoms with Crippen LogP contribution in [0.15, 0.2) is 24.3 Å². The standard InChI is InChI=1S/C56H89ClO8S2/c1-10-17-21-41(8)29-58-33-55(34-59-30-43(14-5)22-18-11-2)39-64-50-51(65-40-55)54(57)67-53(50)47-27-25-46(26-28-47)52-49-48(42(9)66-52)62-37-56(38-63-49,35-60-31-44(15-6)23-19-12-3)36-61-32-45(16-7)24-20-13-4/h25-28,41,43-45H,10-24,29-40H2,1-9H3. The second kappa shape index (κ2) is 29.3. The van der Waals surface area contributed by atoms with Crippen molar-refractivity contribution in [3.8, 4) is 43.9 Å². The molecule has 4 heterocycles. The fraction of sp³-hybridized carbons (Fsp3) is 0.750. The molecule has 67 heavy (non-hydrogen) atoms. The van der Waals surface area contributed by atoms with Crippen molar-refractivity contribution >= 4 is 34.3 Å². The summed E-state index contributed by atoms with van der Waals surface area (Å²) in [4.78, 5) is 3.11. The van der Waals surface area contributed by atoms with Gasteiger partial charge in [0.05, 0.1) is 47.0 Å². The summed E-state index contributed by atoms with van der Waals surface area (Å²) in [5.41, 5.74) is 1.19. The molecule has 0 saturated heterocycles. The molecule has 0 saturated carbocycles. The van der Waals surface area contributed by atoms with Crippen molar-refractivity contribution in [3.05, 3.63) is 33.5 Å². The molecular weight excluding hydrogens is 900 g/mol. The number of aryl methyl sites for hydroxylation is 1. The quantitative estimate of drug-likeness (QED) is 0.0598. The zero-order chi connectivity index (χ0) is 48.1. The third-order valence-electron chi connectivity index (χ3n) is 14.0. The summed E-state index contributed by atoms with van der Waals surface area (Å²) in [5.74, 6) is 5.09. The van der Waals surface area contributed by atoms with Crippen molar-refractivity contribution in [1.29, 1.82) is 0 Å². The molecule has 0 amide bonds. The van der Waals surface area contributed by atoms with Gasteiger partial charge in [-0.25, -0.2) is 0 Å². The highest BCUT2D eigenvalue weighted by Gasteiger charge is 2.41. The average molecular weight is 990 g/mol. The van der Waals surface area contributed by atoms with Crippen LogP contribution >= 0.6 is 34.3 Å². The van der Waals surface area contributed by atoms with Crippen molar-refractivity contribution in [1.82, 2.24) is 0 Å². The Morgan fingerprint density at radius 2 is 0.866 bits per heavy atom. The highest BCUT2D eigenvalue weighted by Crippen LogP contribution is 2.54. The Bertz CT molecular complexity index is 1810. The Morgan fingerprint density at radius 1 is 0.507 bits per heavy atom. The average Bonchev–Trinajstić information content (AvgIpc) is 3.66. The molecule has 2 aromatic heterocycles. The van der Waals surface area contributed by atoms with Crippen molar-refractivity contribution in [2.24, 2.45) is 34.5 Å². The molecule has 2 aliphatic heterocycles. The maximum Gasteiger partial charge on any atom is 0.191 e. The third kappa shape index (κ3) is 16.5. The Labute approximate surface area is 419 Å². The Hall–Kier alpha value is -2.05. The van der Waals surface area contributed by atoms with Crippen LogP contribution in [0.25, 0.3) is 20.9 Å². The zero-order valence-corrected chi connectivity index (χ0v) is 45.6. The zero-order valence-electron chi connectivity index (χ0n) is 43.2. The van der Waals surface area contributed by atoms with Gasteiger partial charge in [0.25, 0.3) is 0 Å². The van der Waals surface area contributed by atoms with E-state index in [1.54, 1.807) is 11.3 Å². The van der Waals surface area contributed by atoms with E-state index < -0.39 is 10.8 Å². The van der Waals surface area contributed by atoms with Gasteiger partial charge in [-0.15, -0.1) is 22.7 Å². The van der Waals surface area contributed by atoms with Crippen LogP contribution < -0.4 is 18.9 Å². The molecular formula is C56H89ClO8S2. The third-order valence-corrected chi connectivity index (χ3v) is 16.6. The first kappa shape index (κ1) is 55.9. The first-order chi connectivity index (χ1) is 32.6. The van der Waals surface area contributed by atoms with Crippen molar-refractivity contribution in [2.75, 3.05) is 79.3 Å². The molecule has 11 heteroatoms. The lowest BCUT2D eigenvalue weighted by Crippen LogP contribution is -2.43. The molecule has 5 rings (SSSR count). The smallest absolute Gasteiger partial charge is 0.191 e. The van der Waals surface area contributed by atoms with Crippen LogP contribution in [0.2, 0.25) is 4.34 Å². The van der Waals surface area contributed by atoms with Gasteiger partial charge in [0.15, 0.2) is 23.0 Å². The van der Waals surface area contributed by atoms with Gasteiger partial charge in [-0.1, -0.05) is 162 Å². The molecule has 0 radical (unpaired) electrons. The highest BCUT2D eigenvalue weighted by atomic mass is 35.5. The molecule has 5 atom stereocenters. The SMILES string of the molecule is CCCCC(C)COCC1(COCC(CC)CCCC)COc2c(Cl)sc(-c3ccc(-c4sc(C)c5c4OCC(COCC(CC)CCCC)(COCC(CC)CCCC)CO5)cc3)c2OC1. The van der Waals surface area contributed by atoms with Crippen LogP contribution in [0, 0.1) is 41.4 Å². The monoisotopic (exact) mass is 989 g/mol. The summed E-state index contributed by atoms with van der Waals surface area (Å²) in [5, 5.41) is 0. The number of hydrogen-bond acceptors (Lipinski definition) is 10. The highest BCUT2D eigenvalue weighted by molar-refractivity contribution is 7.20. The summed E-state index contributed by atoms with van der Waals surface area (Å²) in [6, 6.07) is 8.65. The van der Waals surface area contributed by atoms with E-state index in [-0.39, 0.29) is 0 Å². The van der Waals surface area contributed by atoms with E-state index >= 15 is 0 Å². The lowest BCUT2D eigenvalue weighted by Gasteiger charge is -2.32. The van der Waals surface area contributed by atoms with E-state index in [1.807, 2.05) is 0 Å². The lowest BCUT2D eigenvalue weighted by atomic mass is 9.91. The summed E-state index contributed by atoms with van der Waals surface area (Å²) in [6.45, 7) is 27.0. The van der Waals surface area contributed by atoms with Crippen LogP contribution in [-0.2, 0) is 18.9 Å². The Morgan fingerprint density at radius 3 is 1.28 bits per heavy atom. The van der Waals surface area contributed by atoms with E-state index in [1.165, 1.54) is 82.0 Å². The molecule has 3 aromatic rings. The predicted molar refractivity (Wildman–Crippen MR) is 282 cm³/mol. The number of halogens is 1. The minimum absolute atomic E-state index is 0.408. The first-order valence-corrected chi connectivity index (χ1v) is 28.5. The second-order valence-electron chi connectivity index (χ2n) is 20.3. The Balaban J connectivity index is 1.32. The van der Waals surface area contributed by atoms with E-state index in [0.29, 0.717) is 99.0 Å². The molecule has 0 aliphatic carbocycles. The maximum atomic E-state index is 6.99. The van der Waals surface area contributed by atoms with Gasteiger partial charge in [0.2, 0.25) is 0 Å². The first-order valence-electron chi connectivity index (χ1n) is 26.5. The summed E-state index contributed by atoms with van der Waals surface area (Å²) in [6.07, 6.45) is 17.8. The lowest BCUT2D eigenvalue weighted by molar-refractivity contribution is -0.0715. The number of thiophene rings is 2. The van der Waals surface area contributed by atoms with Gasteiger partial charge in [0, 0.05) is 31.3 Å². The number of hydrogen-bond donors (Lipinski definition) is 0. The minimum Gasteiger partial charge on any atom is -0.488 e. The molecule has 8 nitrogen and oxygen atoms in total. The van der Waals surface area contributed by atoms with E-state index in [2.05, 4.69) is 86.6 Å². The van der Waals surface area contributed by atoms with E-state index in [4.69, 9.17) is 49.5 Å². The second-order valence-corrected chi connectivity index (χ2v) is 23.1. The molecule has 0 N–H and O–H groups in total. The minimum atomic E-state index is -0.472. The molecule has 5 unspecified atom stereocenters. The topological polar surface area (TPSA) is 73.8 Å². The van der Waals surface area contributed by atoms with E-state index in [0.717, 1.165) is 82.8 Å². The molecule has 0 fully saturated rings. The van der Waals surface area contributed by atoms with Gasteiger partial charge in [-0.2, -0.15) is 0 Å². The van der Waals surface area contributed by atoms with Gasteiger partial charge in [0.1, 0.15) is 30.8 Å². The van der Waals surface area contributed by atoms with Gasteiger partial charge in [-0.05, 0) is 67.4 Å². The van der Waals surface area contributed by atoms with Crippen molar-refractivity contribution in [2.45, 2.75) is 159 Å². The fourth-order valence-corrected chi connectivity index (χ4v) is 11.5. The summed E-state index contributed by atoms with van der Waals surface area (Å²) in [7, 11) is 0. The Kier molecular flexibility index (Phi) is 24.5. The molecule has 380 valence electrons. The maximum absolute atomic E-state index is 6.99. The van der Waals surface area contributed by atoms with Crippen LogP contribution in [0.5, 0.6) is 23.0 Å². The van der Waals surface area contributed by atoms with Gasteiger partial charge < -0.3 is 37.9 Å². The number of ether oxygens (including phenoxy) is 8. The van der Waals surface area contributed by atoms with Crippen LogP contribution in [0.4, 0.5) is 0 Å². The fourth-order valence-electron chi connectivity index (χ4n) is 9.12. The van der Waals surface area contributed by atoms with Crippen LogP contribution in [0.1, 0.15) is 157 Å². The number of rotatable bonds is 33. The molecule has 2 aliphatic rings. The van der Waals surface area contributed by atoms with Crippen LogP contribution in [-0.4, -0.2) is 79.3 Å². The summed E-state index contributed by atoms with van der Waals surface area (Å²) >= 11 is 10.2. The largest absolute Gasteiger partial charge is 0.488 e. The van der Waals surface area contributed by atoms with Gasteiger partial charge in [-0.3, -0.25) is 0 Å². The van der Waals surface area contributed by atoms with Crippen molar-refractivity contribution < 1.29 is 37.9 Å². The molecule has 0 bridgehead atoms. The van der Waals surface area contributed by atoms with Gasteiger partial charge >= 0.3 is 0 Å². The number of unbranched alkanes of at least 4 members (excludes halogenated alkanes) is 4. The molecule has 0 spiro atoms. The number of benzene rings is 1.